The van der Waals surface area contributed by atoms with Gasteiger partial charge in [-0.25, -0.2) is 15.0 Å². The Balaban J connectivity index is 1.16. The summed E-state index contributed by atoms with van der Waals surface area (Å²) in [5, 5.41) is 2.34. The SMILES string of the molecule is [2H]c1cc(-c2ccccc2)c(-n2c3ccccc3c3ccccc32)cc1-c1nc(-c2ccccc2)nc(-c2cccc(-c3ccc(-c4ccccc4)cc3)c2)n1. The average molecular weight is 704 g/mol. The second-order valence-corrected chi connectivity index (χ2v) is 13.6. The third-order valence-corrected chi connectivity index (χ3v) is 10.2. The van der Waals surface area contributed by atoms with Crippen molar-refractivity contribution in [1.82, 2.24) is 19.5 Å². The summed E-state index contributed by atoms with van der Waals surface area (Å²) < 4.78 is 11.8. The van der Waals surface area contributed by atoms with Crippen LogP contribution in [0.15, 0.2) is 206 Å². The van der Waals surface area contributed by atoms with Gasteiger partial charge >= 0.3 is 0 Å². The van der Waals surface area contributed by atoms with Gasteiger partial charge in [0.1, 0.15) is 0 Å². The predicted octanol–water partition coefficient (Wildman–Crippen LogP) is 13.0. The van der Waals surface area contributed by atoms with Crippen molar-refractivity contribution in [2.75, 3.05) is 0 Å². The van der Waals surface area contributed by atoms with Crippen molar-refractivity contribution in [3.63, 3.8) is 0 Å². The maximum atomic E-state index is 9.51. The van der Waals surface area contributed by atoms with Crippen LogP contribution in [0, 0.1) is 0 Å². The molecular formula is C51H34N4. The average Bonchev–Trinajstić information content (AvgIpc) is 3.61. The van der Waals surface area contributed by atoms with Crippen LogP contribution in [0.1, 0.15) is 1.37 Å². The van der Waals surface area contributed by atoms with Crippen molar-refractivity contribution in [1.29, 1.82) is 0 Å². The molecule has 0 saturated carbocycles. The van der Waals surface area contributed by atoms with E-state index in [0.29, 0.717) is 29.1 Å². The highest BCUT2D eigenvalue weighted by Gasteiger charge is 2.19. The third kappa shape index (κ3) is 6.06. The van der Waals surface area contributed by atoms with Crippen LogP contribution >= 0.6 is 0 Å². The highest BCUT2D eigenvalue weighted by atomic mass is 15.0. The lowest BCUT2D eigenvalue weighted by atomic mass is 9.99. The second-order valence-electron chi connectivity index (χ2n) is 13.6. The molecule has 258 valence electrons. The number of hydrogen-bond acceptors (Lipinski definition) is 3. The second kappa shape index (κ2) is 13.8. The van der Waals surface area contributed by atoms with Gasteiger partial charge in [-0.2, -0.15) is 0 Å². The molecule has 0 aliphatic heterocycles. The van der Waals surface area contributed by atoms with E-state index in [4.69, 9.17) is 15.0 Å². The van der Waals surface area contributed by atoms with Crippen LogP contribution < -0.4 is 0 Å². The largest absolute Gasteiger partial charge is 0.309 e. The fourth-order valence-corrected chi connectivity index (χ4v) is 7.49. The minimum Gasteiger partial charge on any atom is -0.309 e. The molecule has 8 aromatic carbocycles. The standard InChI is InChI=1S/C51H34N4/c1-4-15-35(16-5-1)36-27-29-37(30-28-36)40-21-14-22-41(33-40)50-52-49(39-19-8-3-9-20-39)53-51(54-50)42-31-32-43(38-17-6-2-7-18-38)48(34-42)55-46-25-12-10-23-44(46)45-24-11-13-26-47(45)55/h1-34H/i31D. The number of benzene rings is 8. The Morgan fingerprint density at radius 1 is 0.327 bits per heavy atom. The van der Waals surface area contributed by atoms with Crippen molar-refractivity contribution in [3.05, 3.63) is 206 Å². The number of hydrogen-bond donors (Lipinski definition) is 0. The molecule has 0 atom stereocenters. The van der Waals surface area contributed by atoms with Crippen LogP contribution in [0.2, 0.25) is 0 Å². The van der Waals surface area contributed by atoms with E-state index in [-0.39, 0.29) is 0 Å². The van der Waals surface area contributed by atoms with Crippen LogP contribution in [0.5, 0.6) is 0 Å². The zero-order valence-electron chi connectivity index (χ0n) is 30.8. The van der Waals surface area contributed by atoms with E-state index >= 15 is 0 Å². The Kier molecular flexibility index (Phi) is 7.84. The van der Waals surface area contributed by atoms with Crippen LogP contribution in [0.3, 0.4) is 0 Å². The van der Waals surface area contributed by atoms with E-state index in [2.05, 4.69) is 132 Å². The van der Waals surface area contributed by atoms with Gasteiger partial charge in [-0.15, -0.1) is 0 Å². The maximum absolute atomic E-state index is 9.51. The molecule has 0 aliphatic carbocycles. The lowest BCUT2D eigenvalue weighted by Crippen LogP contribution is -2.02. The van der Waals surface area contributed by atoms with Crippen molar-refractivity contribution in [2.45, 2.75) is 0 Å². The van der Waals surface area contributed by atoms with Gasteiger partial charge in [0.25, 0.3) is 0 Å². The third-order valence-electron chi connectivity index (χ3n) is 10.2. The van der Waals surface area contributed by atoms with Gasteiger partial charge in [-0.1, -0.05) is 182 Å². The summed E-state index contributed by atoms with van der Waals surface area (Å²) in [4.78, 5) is 15.3. The normalized spacial score (nSPS) is 11.5. The number of nitrogens with zero attached hydrogens (tertiary/aromatic N) is 4. The molecule has 10 rings (SSSR count). The summed E-state index contributed by atoms with van der Waals surface area (Å²) in [6.07, 6.45) is 0. The van der Waals surface area contributed by atoms with E-state index in [9.17, 15) is 1.37 Å². The monoisotopic (exact) mass is 703 g/mol. The fraction of sp³-hybridized carbons (Fsp3) is 0. The summed E-state index contributed by atoms with van der Waals surface area (Å²) in [6, 6.07) is 69.0. The molecule has 0 unspecified atom stereocenters. The first kappa shape index (κ1) is 31.1. The van der Waals surface area contributed by atoms with Gasteiger partial charge in [0.2, 0.25) is 0 Å². The Morgan fingerprint density at radius 3 is 1.38 bits per heavy atom. The number of rotatable bonds is 7. The molecule has 0 aliphatic rings. The first-order valence-electron chi connectivity index (χ1n) is 18.9. The predicted molar refractivity (Wildman–Crippen MR) is 227 cm³/mol. The molecule has 0 N–H and O–H groups in total. The number of aromatic nitrogens is 4. The minimum atomic E-state index is 0.330. The van der Waals surface area contributed by atoms with Crippen LogP contribution in [-0.4, -0.2) is 19.5 Å². The molecule has 0 bridgehead atoms. The van der Waals surface area contributed by atoms with E-state index in [1.807, 2.05) is 72.8 Å². The lowest BCUT2D eigenvalue weighted by molar-refractivity contribution is 1.07. The van der Waals surface area contributed by atoms with Gasteiger partial charge in [0.05, 0.1) is 18.1 Å². The van der Waals surface area contributed by atoms with Crippen LogP contribution in [-0.2, 0) is 0 Å². The zero-order valence-corrected chi connectivity index (χ0v) is 29.8. The van der Waals surface area contributed by atoms with E-state index < -0.39 is 0 Å². The molecule has 4 heteroatoms. The first-order chi connectivity index (χ1) is 27.7. The Labute approximate surface area is 321 Å². The van der Waals surface area contributed by atoms with Crippen LogP contribution in [0.25, 0.3) is 95.0 Å². The Hall–Kier alpha value is -7.43. The highest BCUT2D eigenvalue weighted by molar-refractivity contribution is 6.09. The summed E-state index contributed by atoms with van der Waals surface area (Å²) in [5.41, 5.74) is 12.0. The van der Waals surface area contributed by atoms with Crippen molar-refractivity contribution < 1.29 is 1.37 Å². The molecule has 0 spiro atoms. The molecule has 10 aromatic rings. The van der Waals surface area contributed by atoms with Gasteiger partial charge in [0.15, 0.2) is 17.5 Å². The van der Waals surface area contributed by atoms with Gasteiger partial charge < -0.3 is 4.57 Å². The summed E-state index contributed by atoms with van der Waals surface area (Å²) in [7, 11) is 0. The number of fused-ring (bicyclic) bond motifs is 3. The van der Waals surface area contributed by atoms with Crippen molar-refractivity contribution in [3.8, 4) is 73.2 Å². The van der Waals surface area contributed by atoms with Gasteiger partial charge in [-0.3, -0.25) is 0 Å². The molecule has 4 nitrogen and oxygen atoms in total. The summed E-state index contributed by atoms with van der Waals surface area (Å²) >= 11 is 0. The van der Waals surface area contributed by atoms with Crippen molar-refractivity contribution >= 4 is 21.8 Å². The molecule has 2 heterocycles. The molecule has 0 amide bonds. The molecule has 0 radical (unpaired) electrons. The smallest absolute Gasteiger partial charge is 0.164 e. The molecule has 55 heavy (non-hydrogen) atoms. The quantitative estimate of drug-likeness (QED) is 0.166. The summed E-state index contributed by atoms with van der Waals surface area (Å²) in [6.45, 7) is 0. The molecule has 0 fully saturated rings. The molecule has 0 saturated heterocycles. The highest BCUT2D eigenvalue weighted by Crippen LogP contribution is 2.38. The lowest BCUT2D eigenvalue weighted by Gasteiger charge is -2.16. The van der Waals surface area contributed by atoms with Crippen LogP contribution in [0.4, 0.5) is 0 Å². The van der Waals surface area contributed by atoms with E-state index in [1.165, 1.54) is 21.9 Å². The zero-order chi connectivity index (χ0) is 37.4. The fourth-order valence-electron chi connectivity index (χ4n) is 7.49. The number of para-hydroxylation sites is 2. The maximum Gasteiger partial charge on any atom is 0.164 e. The van der Waals surface area contributed by atoms with E-state index in [0.717, 1.165) is 50.1 Å². The Morgan fingerprint density at radius 2 is 0.764 bits per heavy atom. The van der Waals surface area contributed by atoms with Crippen molar-refractivity contribution in [2.24, 2.45) is 0 Å². The summed E-state index contributed by atoms with van der Waals surface area (Å²) in [5.74, 6) is 1.54. The van der Waals surface area contributed by atoms with Gasteiger partial charge in [-0.05, 0) is 52.1 Å². The minimum absolute atomic E-state index is 0.330. The topological polar surface area (TPSA) is 43.6 Å². The first-order valence-corrected chi connectivity index (χ1v) is 18.4. The molecule has 2 aromatic heterocycles. The van der Waals surface area contributed by atoms with E-state index in [1.54, 1.807) is 0 Å². The Bertz CT molecular complexity index is 2960. The molecular weight excluding hydrogens is 669 g/mol. The van der Waals surface area contributed by atoms with Gasteiger partial charge in [0, 0.05) is 33.0 Å².